The summed E-state index contributed by atoms with van der Waals surface area (Å²) in [4.78, 5) is 28.5. The Hall–Kier alpha value is -3.19. The summed E-state index contributed by atoms with van der Waals surface area (Å²) in [5.74, 6) is -0.123. The average molecular weight is 425 g/mol. The first-order valence-electron chi connectivity index (χ1n) is 9.71. The Morgan fingerprint density at radius 2 is 1.87 bits per heavy atom. The number of carbonyl (C=O) groups excluding carboxylic acids is 2. The number of hydrogen-bond donors (Lipinski definition) is 1. The summed E-state index contributed by atoms with van der Waals surface area (Å²) in [6, 6.07) is 15.7. The van der Waals surface area contributed by atoms with Crippen molar-refractivity contribution in [1.29, 1.82) is 0 Å². The van der Waals surface area contributed by atoms with Gasteiger partial charge in [0.1, 0.15) is 5.75 Å². The SMILES string of the molecule is CCc1ccc(-c2csc(NC(=O)COC(=O)CCc3ccccc3OC)n2)cc1. The molecule has 0 saturated carbocycles. The lowest BCUT2D eigenvalue weighted by Crippen LogP contribution is -2.21. The number of nitrogens with zero attached hydrogens (tertiary/aromatic N) is 1. The van der Waals surface area contributed by atoms with Gasteiger partial charge >= 0.3 is 5.97 Å². The zero-order valence-corrected chi connectivity index (χ0v) is 17.8. The van der Waals surface area contributed by atoms with Gasteiger partial charge in [0.05, 0.1) is 12.8 Å². The standard InChI is InChI=1S/C23H24N2O4S/c1-3-16-8-10-17(11-9-16)19-15-30-23(24-19)25-21(26)14-29-22(27)13-12-18-6-4-5-7-20(18)28-2/h4-11,15H,3,12-14H2,1-2H3,(H,24,25,26). The smallest absolute Gasteiger partial charge is 0.306 e. The lowest BCUT2D eigenvalue weighted by atomic mass is 10.1. The Bertz CT molecular complexity index is 998. The van der Waals surface area contributed by atoms with E-state index in [1.807, 2.05) is 41.8 Å². The monoisotopic (exact) mass is 424 g/mol. The van der Waals surface area contributed by atoms with Crippen molar-refractivity contribution < 1.29 is 19.1 Å². The molecule has 1 heterocycles. The third-order valence-corrected chi connectivity index (χ3v) is 5.32. The van der Waals surface area contributed by atoms with Crippen LogP contribution in [0.15, 0.2) is 53.9 Å². The number of methoxy groups -OCH3 is 1. The number of hydrogen-bond acceptors (Lipinski definition) is 6. The van der Waals surface area contributed by atoms with Crippen LogP contribution in [-0.2, 0) is 27.2 Å². The maximum absolute atomic E-state index is 12.1. The Kier molecular flexibility index (Phi) is 7.57. The Labute approximate surface area is 179 Å². The van der Waals surface area contributed by atoms with Gasteiger partial charge < -0.3 is 9.47 Å². The van der Waals surface area contributed by atoms with Crippen LogP contribution in [0.25, 0.3) is 11.3 Å². The molecule has 1 N–H and O–H groups in total. The molecule has 0 aliphatic heterocycles. The molecule has 0 aliphatic carbocycles. The van der Waals surface area contributed by atoms with Crippen LogP contribution in [0.4, 0.5) is 5.13 Å². The Morgan fingerprint density at radius 1 is 1.10 bits per heavy atom. The predicted molar refractivity (Wildman–Crippen MR) is 118 cm³/mol. The summed E-state index contributed by atoms with van der Waals surface area (Å²) >= 11 is 1.33. The first kappa shape index (κ1) is 21.5. The molecular formula is C23H24N2O4S. The van der Waals surface area contributed by atoms with Crippen molar-refractivity contribution in [2.45, 2.75) is 26.2 Å². The molecule has 0 spiro atoms. The van der Waals surface area contributed by atoms with Gasteiger partial charge in [-0.05, 0) is 30.0 Å². The van der Waals surface area contributed by atoms with Crippen molar-refractivity contribution in [2.75, 3.05) is 19.0 Å². The Balaban J connectivity index is 1.45. The van der Waals surface area contributed by atoms with E-state index in [0.717, 1.165) is 29.0 Å². The highest BCUT2D eigenvalue weighted by Crippen LogP contribution is 2.25. The molecule has 1 amide bonds. The number of aromatic nitrogens is 1. The molecule has 0 saturated heterocycles. The fourth-order valence-electron chi connectivity index (χ4n) is 2.89. The minimum Gasteiger partial charge on any atom is -0.496 e. The van der Waals surface area contributed by atoms with Crippen molar-refractivity contribution >= 4 is 28.3 Å². The molecular weight excluding hydrogens is 400 g/mol. The van der Waals surface area contributed by atoms with E-state index in [0.29, 0.717) is 11.6 Å². The molecule has 30 heavy (non-hydrogen) atoms. The number of esters is 1. The number of amides is 1. The first-order valence-corrected chi connectivity index (χ1v) is 10.6. The molecule has 0 aliphatic rings. The number of ether oxygens (including phenoxy) is 2. The second-order valence-electron chi connectivity index (χ2n) is 6.61. The number of aryl methyl sites for hydroxylation is 2. The highest BCUT2D eigenvalue weighted by Gasteiger charge is 2.12. The van der Waals surface area contributed by atoms with E-state index in [4.69, 9.17) is 9.47 Å². The predicted octanol–water partition coefficient (Wildman–Crippen LogP) is 4.50. The van der Waals surface area contributed by atoms with Crippen molar-refractivity contribution in [3.8, 4) is 17.0 Å². The fourth-order valence-corrected chi connectivity index (χ4v) is 3.63. The van der Waals surface area contributed by atoms with E-state index in [-0.39, 0.29) is 13.0 Å². The van der Waals surface area contributed by atoms with Crippen LogP contribution < -0.4 is 10.1 Å². The third kappa shape index (κ3) is 5.90. The zero-order valence-electron chi connectivity index (χ0n) is 17.0. The quantitative estimate of drug-likeness (QED) is 0.512. The molecule has 3 aromatic rings. The van der Waals surface area contributed by atoms with Gasteiger partial charge in [-0.1, -0.05) is 49.4 Å². The number of para-hydroxylation sites is 1. The van der Waals surface area contributed by atoms with Crippen molar-refractivity contribution in [2.24, 2.45) is 0 Å². The molecule has 7 heteroatoms. The number of carbonyl (C=O) groups is 2. The van der Waals surface area contributed by atoms with E-state index in [9.17, 15) is 9.59 Å². The van der Waals surface area contributed by atoms with Crippen LogP contribution in [0.3, 0.4) is 0 Å². The van der Waals surface area contributed by atoms with Gasteiger partial charge in [0.2, 0.25) is 0 Å². The van der Waals surface area contributed by atoms with Crippen molar-refractivity contribution in [1.82, 2.24) is 4.98 Å². The van der Waals surface area contributed by atoms with Gasteiger partial charge in [-0.3, -0.25) is 14.9 Å². The number of rotatable bonds is 9. The highest BCUT2D eigenvalue weighted by molar-refractivity contribution is 7.14. The summed E-state index contributed by atoms with van der Waals surface area (Å²) < 4.78 is 10.3. The van der Waals surface area contributed by atoms with Crippen molar-refractivity contribution in [3.63, 3.8) is 0 Å². The minimum absolute atomic E-state index is 0.169. The van der Waals surface area contributed by atoms with E-state index < -0.39 is 11.9 Å². The molecule has 1 aromatic heterocycles. The molecule has 0 atom stereocenters. The van der Waals surface area contributed by atoms with Gasteiger partial charge in [0.15, 0.2) is 11.7 Å². The maximum Gasteiger partial charge on any atom is 0.306 e. The van der Waals surface area contributed by atoms with Gasteiger partial charge in [-0.15, -0.1) is 11.3 Å². The summed E-state index contributed by atoms with van der Waals surface area (Å²) in [7, 11) is 1.59. The van der Waals surface area contributed by atoms with Gasteiger partial charge in [-0.2, -0.15) is 0 Å². The van der Waals surface area contributed by atoms with Crippen LogP contribution >= 0.6 is 11.3 Å². The van der Waals surface area contributed by atoms with Crippen LogP contribution in [0.1, 0.15) is 24.5 Å². The number of benzene rings is 2. The largest absolute Gasteiger partial charge is 0.496 e. The molecule has 0 fully saturated rings. The normalized spacial score (nSPS) is 10.5. The number of nitrogens with one attached hydrogen (secondary N) is 1. The summed E-state index contributed by atoms with van der Waals surface area (Å²) in [6.07, 6.45) is 1.64. The van der Waals surface area contributed by atoms with Crippen LogP contribution in [0, 0.1) is 0 Å². The highest BCUT2D eigenvalue weighted by atomic mass is 32.1. The summed E-state index contributed by atoms with van der Waals surface area (Å²) in [5.41, 5.74) is 3.97. The van der Waals surface area contributed by atoms with E-state index in [1.54, 1.807) is 7.11 Å². The average Bonchev–Trinajstić information content (AvgIpc) is 3.24. The molecule has 6 nitrogen and oxygen atoms in total. The first-order chi connectivity index (χ1) is 14.6. The van der Waals surface area contributed by atoms with Crippen molar-refractivity contribution in [3.05, 3.63) is 65.0 Å². The van der Waals surface area contributed by atoms with Gasteiger partial charge in [0.25, 0.3) is 5.91 Å². The molecule has 0 radical (unpaired) electrons. The molecule has 3 rings (SSSR count). The van der Waals surface area contributed by atoms with Gasteiger partial charge in [-0.25, -0.2) is 4.98 Å². The van der Waals surface area contributed by atoms with E-state index in [1.165, 1.54) is 16.9 Å². The summed E-state index contributed by atoms with van der Waals surface area (Å²) in [5, 5.41) is 5.03. The van der Waals surface area contributed by atoms with Crippen LogP contribution in [0.5, 0.6) is 5.75 Å². The zero-order chi connectivity index (χ0) is 21.3. The molecule has 0 bridgehead atoms. The van der Waals surface area contributed by atoms with Crippen LogP contribution in [-0.4, -0.2) is 30.6 Å². The molecule has 0 unspecified atom stereocenters. The number of thiazole rings is 1. The second-order valence-corrected chi connectivity index (χ2v) is 7.47. The van der Waals surface area contributed by atoms with Crippen LogP contribution in [0.2, 0.25) is 0 Å². The van der Waals surface area contributed by atoms with E-state index in [2.05, 4.69) is 29.4 Å². The maximum atomic E-state index is 12.1. The topological polar surface area (TPSA) is 77.5 Å². The lowest BCUT2D eigenvalue weighted by Gasteiger charge is -2.08. The van der Waals surface area contributed by atoms with E-state index >= 15 is 0 Å². The summed E-state index contributed by atoms with van der Waals surface area (Å²) in [6.45, 7) is 1.77. The molecule has 2 aromatic carbocycles. The Morgan fingerprint density at radius 3 is 2.60 bits per heavy atom. The number of anilines is 1. The second kappa shape index (κ2) is 10.5. The fraction of sp³-hybridized carbons (Fsp3) is 0.261. The minimum atomic E-state index is -0.438. The van der Waals surface area contributed by atoms with Gasteiger partial charge in [0, 0.05) is 17.4 Å². The molecule has 156 valence electrons. The third-order valence-electron chi connectivity index (χ3n) is 4.56. The lowest BCUT2D eigenvalue weighted by molar-refractivity contribution is -0.147.